The molecule has 1 heterocycles. The Morgan fingerprint density at radius 1 is 1.19 bits per heavy atom. The first-order valence-electron chi connectivity index (χ1n) is 7.19. The quantitative estimate of drug-likeness (QED) is 0.891. The second-order valence-corrected chi connectivity index (χ2v) is 5.26. The SMILES string of the molecule is CCOc1nc(Oc2cc(C(C)C)ccc2C)ccc1N. The minimum Gasteiger partial charge on any atom is -0.476 e. The Labute approximate surface area is 125 Å². The number of nitrogens with two attached hydrogens (primary N) is 1. The van der Waals surface area contributed by atoms with Gasteiger partial charge in [0.15, 0.2) is 0 Å². The molecule has 2 rings (SSSR count). The van der Waals surface area contributed by atoms with Gasteiger partial charge in [0.2, 0.25) is 11.8 Å². The molecule has 0 spiro atoms. The van der Waals surface area contributed by atoms with Gasteiger partial charge in [-0.05, 0) is 43.0 Å². The summed E-state index contributed by atoms with van der Waals surface area (Å²) in [7, 11) is 0. The summed E-state index contributed by atoms with van der Waals surface area (Å²) in [6, 6.07) is 9.73. The number of hydrogen-bond acceptors (Lipinski definition) is 4. The number of pyridine rings is 1. The molecule has 2 aromatic rings. The molecule has 0 aliphatic rings. The molecular formula is C17H22N2O2. The van der Waals surface area contributed by atoms with E-state index in [-0.39, 0.29) is 0 Å². The molecule has 21 heavy (non-hydrogen) atoms. The van der Waals surface area contributed by atoms with Gasteiger partial charge in [0.1, 0.15) is 5.75 Å². The van der Waals surface area contributed by atoms with E-state index in [1.165, 1.54) is 5.56 Å². The van der Waals surface area contributed by atoms with Crippen LogP contribution in [0.3, 0.4) is 0 Å². The Kier molecular flexibility index (Phi) is 4.68. The molecule has 0 aliphatic carbocycles. The van der Waals surface area contributed by atoms with Crippen LogP contribution in [0.15, 0.2) is 30.3 Å². The van der Waals surface area contributed by atoms with Crippen LogP contribution in [0.25, 0.3) is 0 Å². The lowest BCUT2D eigenvalue weighted by Gasteiger charge is -2.13. The van der Waals surface area contributed by atoms with Crippen LogP contribution in [0.2, 0.25) is 0 Å². The van der Waals surface area contributed by atoms with Crippen molar-refractivity contribution in [1.82, 2.24) is 4.98 Å². The average Bonchev–Trinajstić information content (AvgIpc) is 2.45. The summed E-state index contributed by atoms with van der Waals surface area (Å²) in [5.74, 6) is 2.15. The van der Waals surface area contributed by atoms with Crippen LogP contribution < -0.4 is 15.2 Å². The van der Waals surface area contributed by atoms with Crippen molar-refractivity contribution in [3.05, 3.63) is 41.5 Å². The number of ether oxygens (including phenoxy) is 2. The summed E-state index contributed by atoms with van der Waals surface area (Å²) >= 11 is 0. The van der Waals surface area contributed by atoms with Gasteiger partial charge in [0.25, 0.3) is 0 Å². The number of benzene rings is 1. The van der Waals surface area contributed by atoms with Gasteiger partial charge in [-0.2, -0.15) is 4.98 Å². The molecular weight excluding hydrogens is 264 g/mol. The molecule has 0 amide bonds. The number of anilines is 1. The third-order valence-electron chi connectivity index (χ3n) is 3.24. The van der Waals surface area contributed by atoms with E-state index in [0.717, 1.165) is 11.3 Å². The summed E-state index contributed by atoms with van der Waals surface area (Å²) in [5, 5.41) is 0. The molecule has 0 radical (unpaired) electrons. The van der Waals surface area contributed by atoms with Gasteiger partial charge in [0.05, 0.1) is 12.3 Å². The van der Waals surface area contributed by atoms with Crippen molar-refractivity contribution in [1.29, 1.82) is 0 Å². The van der Waals surface area contributed by atoms with Crippen LogP contribution >= 0.6 is 0 Å². The van der Waals surface area contributed by atoms with Gasteiger partial charge in [0, 0.05) is 6.07 Å². The van der Waals surface area contributed by atoms with Crippen molar-refractivity contribution in [2.24, 2.45) is 0 Å². The van der Waals surface area contributed by atoms with Gasteiger partial charge < -0.3 is 15.2 Å². The predicted octanol–water partition coefficient (Wildman–Crippen LogP) is 4.29. The predicted molar refractivity (Wildman–Crippen MR) is 85.2 cm³/mol. The minimum absolute atomic E-state index is 0.410. The maximum atomic E-state index is 5.90. The Morgan fingerprint density at radius 2 is 1.95 bits per heavy atom. The fourth-order valence-electron chi connectivity index (χ4n) is 1.94. The molecule has 0 saturated carbocycles. The number of nitrogen functional groups attached to an aromatic ring is 1. The minimum atomic E-state index is 0.410. The number of aryl methyl sites for hydroxylation is 1. The van der Waals surface area contributed by atoms with Crippen molar-refractivity contribution in [3.63, 3.8) is 0 Å². The van der Waals surface area contributed by atoms with Crippen LogP contribution in [0.4, 0.5) is 5.69 Å². The zero-order valence-corrected chi connectivity index (χ0v) is 13.0. The molecule has 1 aromatic carbocycles. The van der Waals surface area contributed by atoms with E-state index < -0.39 is 0 Å². The maximum Gasteiger partial charge on any atom is 0.240 e. The normalized spacial score (nSPS) is 10.7. The smallest absolute Gasteiger partial charge is 0.240 e. The summed E-state index contributed by atoms with van der Waals surface area (Å²) < 4.78 is 11.3. The first-order valence-corrected chi connectivity index (χ1v) is 7.19. The lowest BCUT2D eigenvalue weighted by molar-refractivity contribution is 0.323. The van der Waals surface area contributed by atoms with Gasteiger partial charge in [-0.3, -0.25) is 0 Å². The summed E-state index contributed by atoms with van der Waals surface area (Å²) in [6.07, 6.45) is 0. The molecule has 1 aromatic heterocycles. The van der Waals surface area contributed by atoms with Gasteiger partial charge in [-0.1, -0.05) is 26.0 Å². The maximum absolute atomic E-state index is 5.90. The fraction of sp³-hybridized carbons (Fsp3) is 0.353. The molecule has 0 aliphatic heterocycles. The Bertz CT molecular complexity index is 624. The number of rotatable bonds is 5. The van der Waals surface area contributed by atoms with E-state index in [2.05, 4.69) is 37.0 Å². The van der Waals surface area contributed by atoms with E-state index in [0.29, 0.717) is 30.0 Å². The van der Waals surface area contributed by atoms with Gasteiger partial charge >= 0.3 is 0 Å². The van der Waals surface area contributed by atoms with Crippen molar-refractivity contribution >= 4 is 5.69 Å². The highest BCUT2D eigenvalue weighted by atomic mass is 16.5. The molecule has 0 unspecified atom stereocenters. The average molecular weight is 286 g/mol. The Hall–Kier alpha value is -2.23. The zero-order chi connectivity index (χ0) is 15.4. The molecule has 2 N–H and O–H groups in total. The largest absolute Gasteiger partial charge is 0.476 e. The summed E-state index contributed by atoms with van der Waals surface area (Å²) in [5.41, 5.74) is 8.63. The van der Waals surface area contributed by atoms with E-state index in [1.807, 2.05) is 13.8 Å². The Balaban J connectivity index is 2.29. The highest BCUT2D eigenvalue weighted by molar-refractivity contribution is 5.50. The van der Waals surface area contributed by atoms with Crippen LogP contribution in [-0.2, 0) is 0 Å². The van der Waals surface area contributed by atoms with Crippen LogP contribution in [0.5, 0.6) is 17.5 Å². The van der Waals surface area contributed by atoms with Crippen molar-refractivity contribution in [3.8, 4) is 17.5 Å². The molecule has 4 heteroatoms. The molecule has 4 nitrogen and oxygen atoms in total. The molecule has 0 bridgehead atoms. The summed E-state index contributed by atoms with van der Waals surface area (Å²) in [6.45, 7) is 8.74. The summed E-state index contributed by atoms with van der Waals surface area (Å²) in [4.78, 5) is 4.30. The number of nitrogens with zero attached hydrogens (tertiary/aromatic N) is 1. The van der Waals surface area contributed by atoms with E-state index in [4.69, 9.17) is 15.2 Å². The zero-order valence-electron chi connectivity index (χ0n) is 13.0. The second-order valence-electron chi connectivity index (χ2n) is 5.26. The Morgan fingerprint density at radius 3 is 2.62 bits per heavy atom. The lowest BCUT2D eigenvalue weighted by atomic mass is 10.0. The van der Waals surface area contributed by atoms with Gasteiger partial charge in [-0.25, -0.2) is 0 Å². The van der Waals surface area contributed by atoms with Crippen LogP contribution in [0, 0.1) is 6.92 Å². The second kappa shape index (κ2) is 6.48. The monoisotopic (exact) mass is 286 g/mol. The van der Waals surface area contributed by atoms with E-state index in [1.54, 1.807) is 12.1 Å². The van der Waals surface area contributed by atoms with Gasteiger partial charge in [-0.15, -0.1) is 0 Å². The van der Waals surface area contributed by atoms with E-state index in [9.17, 15) is 0 Å². The first kappa shape index (κ1) is 15.2. The van der Waals surface area contributed by atoms with E-state index >= 15 is 0 Å². The topological polar surface area (TPSA) is 57.4 Å². The molecule has 0 atom stereocenters. The highest BCUT2D eigenvalue weighted by Gasteiger charge is 2.09. The fourth-order valence-corrected chi connectivity index (χ4v) is 1.94. The number of hydrogen-bond donors (Lipinski definition) is 1. The molecule has 0 fully saturated rings. The third-order valence-corrected chi connectivity index (χ3v) is 3.24. The standard InChI is InChI=1S/C17H22N2O2/c1-5-20-17-14(18)8-9-16(19-17)21-15-10-13(11(2)3)7-6-12(15)4/h6-11H,5,18H2,1-4H3. The lowest BCUT2D eigenvalue weighted by Crippen LogP contribution is -2.01. The first-order chi connectivity index (χ1) is 10.0. The highest BCUT2D eigenvalue weighted by Crippen LogP contribution is 2.30. The van der Waals surface area contributed by atoms with Crippen molar-refractivity contribution < 1.29 is 9.47 Å². The van der Waals surface area contributed by atoms with Crippen LogP contribution in [0.1, 0.15) is 37.8 Å². The molecule has 0 saturated heterocycles. The van der Waals surface area contributed by atoms with Crippen molar-refractivity contribution in [2.45, 2.75) is 33.6 Å². The molecule has 112 valence electrons. The van der Waals surface area contributed by atoms with Crippen molar-refractivity contribution in [2.75, 3.05) is 12.3 Å². The number of aromatic nitrogens is 1. The third kappa shape index (κ3) is 3.66. The van der Waals surface area contributed by atoms with Crippen LogP contribution in [-0.4, -0.2) is 11.6 Å².